The van der Waals surface area contributed by atoms with E-state index in [4.69, 9.17) is 10.5 Å². The van der Waals surface area contributed by atoms with Crippen molar-refractivity contribution in [1.29, 1.82) is 0 Å². The third-order valence-electron chi connectivity index (χ3n) is 4.03. The number of esters is 1. The number of amides is 1. The van der Waals surface area contributed by atoms with Crippen molar-refractivity contribution in [3.63, 3.8) is 0 Å². The van der Waals surface area contributed by atoms with E-state index in [1.165, 1.54) is 7.11 Å². The third kappa shape index (κ3) is 2.67. The molecule has 1 aromatic carbocycles. The second-order valence-corrected chi connectivity index (χ2v) is 5.18. The standard InChI is InChI=1S/C15H20N2O3/c1-20-13(18)12(11-6-3-2-4-7-11)17-14(19)15(10-16)8-5-9-15/h2-4,6-7,12H,5,8-10,16H2,1H3,(H,17,19). The van der Waals surface area contributed by atoms with E-state index in [1.807, 2.05) is 18.2 Å². The van der Waals surface area contributed by atoms with Crippen LogP contribution in [0.2, 0.25) is 0 Å². The Bertz CT molecular complexity index is 478. The van der Waals surface area contributed by atoms with Crippen molar-refractivity contribution >= 4 is 11.9 Å². The zero-order valence-electron chi connectivity index (χ0n) is 11.6. The largest absolute Gasteiger partial charge is 0.467 e. The van der Waals surface area contributed by atoms with Crippen molar-refractivity contribution in [2.45, 2.75) is 25.3 Å². The number of carbonyl (C=O) groups excluding carboxylic acids is 2. The Balaban J connectivity index is 2.17. The Morgan fingerprint density at radius 3 is 2.45 bits per heavy atom. The molecule has 1 aliphatic rings. The van der Waals surface area contributed by atoms with Crippen LogP contribution < -0.4 is 11.1 Å². The lowest BCUT2D eigenvalue weighted by molar-refractivity contribution is -0.148. The highest BCUT2D eigenvalue weighted by atomic mass is 16.5. The predicted octanol–water partition coefficient (Wildman–Crippen LogP) is 1.15. The molecule has 0 spiro atoms. The number of nitrogens with two attached hydrogens (primary N) is 1. The topological polar surface area (TPSA) is 81.4 Å². The molecule has 0 heterocycles. The van der Waals surface area contributed by atoms with Crippen LogP contribution in [-0.4, -0.2) is 25.5 Å². The van der Waals surface area contributed by atoms with Crippen LogP contribution in [0.15, 0.2) is 30.3 Å². The molecule has 1 aliphatic carbocycles. The quantitative estimate of drug-likeness (QED) is 0.790. The summed E-state index contributed by atoms with van der Waals surface area (Å²) in [5, 5.41) is 2.78. The fraction of sp³-hybridized carbons (Fsp3) is 0.467. The number of carbonyl (C=O) groups is 2. The summed E-state index contributed by atoms with van der Waals surface area (Å²) in [5.41, 5.74) is 5.91. The molecule has 3 N–H and O–H groups in total. The van der Waals surface area contributed by atoms with Crippen LogP contribution in [0.4, 0.5) is 0 Å². The molecule has 5 nitrogen and oxygen atoms in total. The molecule has 20 heavy (non-hydrogen) atoms. The van der Waals surface area contributed by atoms with Crippen LogP contribution in [-0.2, 0) is 14.3 Å². The summed E-state index contributed by atoms with van der Waals surface area (Å²) in [6.45, 7) is 0.307. The lowest BCUT2D eigenvalue weighted by Gasteiger charge is -2.39. The lowest BCUT2D eigenvalue weighted by Crippen LogP contribution is -2.52. The van der Waals surface area contributed by atoms with E-state index in [2.05, 4.69) is 5.32 Å². The van der Waals surface area contributed by atoms with Gasteiger partial charge in [0, 0.05) is 6.54 Å². The minimum absolute atomic E-state index is 0.162. The van der Waals surface area contributed by atoms with Crippen LogP contribution >= 0.6 is 0 Å². The highest BCUT2D eigenvalue weighted by Gasteiger charge is 2.44. The molecule has 1 amide bonds. The van der Waals surface area contributed by atoms with Crippen LogP contribution in [0.3, 0.4) is 0 Å². The molecule has 0 bridgehead atoms. The van der Waals surface area contributed by atoms with Gasteiger partial charge in [-0.3, -0.25) is 4.79 Å². The van der Waals surface area contributed by atoms with Gasteiger partial charge in [0.25, 0.3) is 0 Å². The zero-order chi connectivity index (χ0) is 14.6. The fourth-order valence-electron chi connectivity index (χ4n) is 2.45. The summed E-state index contributed by atoms with van der Waals surface area (Å²) >= 11 is 0. The minimum atomic E-state index is -0.780. The zero-order valence-corrected chi connectivity index (χ0v) is 11.6. The van der Waals surface area contributed by atoms with Crippen molar-refractivity contribution in [3.8, 4) is 0 Å². The Morgan fingerprint density at radius 2 is 2.00 bits per heavy atom. The van der Waals surface area contributed by atoms with E-state index in [1.54, 1.807) is 12.1 Å². The van der Waals surface area contributed by atoms with Crippen molar-refractivity contribution in [1.82, 2.24) is 5.32 Å². The smallest absolute Gasteiger partial charge is 0.333 e. The van der Waals surface area contributed by atoms with Crippen LogP contribution in [0.25, 0.3) is 0 Å². The molecule has 2 rings (SSSR count). The van der Waals surface area contributed by atoms with Crippen LogP contribution in [0.1, 0.15) is 30.9 Å². The molecule has 108 valence electrons. The van der Waals surface area contributed by atoms with Gasteiger partial charge in [-0.05, 0) is 18.4 Å². The van der Waals surface area contributed by atoms with E-state index in [0.717, 1.165) is 19.3 Å². The van der Waals surface area contributed by atoms with Gasteiger partial charge in [-0.15, -0.1) is 0 Å². The van der Waals surface area contributed by atoms with Crippen molar-refractivity contribution < 1.29 is 14.3 Å². The van der Waals surface area contributed by atoms with Crippen molar-refractivity contribution in [2.75, 3.05) is 13.7 Å². The van der Waals surface area contributed by atoms with E-state index < -0.39 is 17.4 Å². The van der Waals surface area contributed by atoms with Gasteiger partial charge >= 0.3 is 5.97 Å². The summed E-state index contributed by atoms with van der Waals surface area (Å²) in [4.78, 5) is 24.3. The Labute approximate surface area is 118 Å². The number of nitrogens with one attached hydrogen (secondary N) is 1. The Kier molecular flexibility index (Phi) is 4.39. The van der Waals surface area contributed by atoms with Gasteiger partial charge in [0.05, 0.1) is 12.5 Å². The molecule has 1 saturated carbocycles. The molecule has 0 radical (unpaired) electrons. The number of methoxy groups -OCH3 is 1. The second-order valence-electron chi connectivity index (χ2n) is 5.18. The highest BCUT2D eigenvalue weighted by molar-refractivity contribution is 5.89. The first-order valence-corrected chi connectivity index (χ1v) is 6.77. The maximum absolute atomic E-state index is 12.4. The Morgan fingerprint density at radius 1 is 1.35 bits per heavy atom. The van der Waals surface area contributed by atoms with Gasteiger partial charge < -0.3 is 15.8 Å². The van der Waals surface area contributed by atoms with Gasteiger partial charge in [0.2, 0.25) is 5.91 Å². The van der Waals surface area contributed by atoms with Gasteiger partial charge in [-0.2, -0.15) is 0 Å². The third-order valence-corrected chi connectivity index (χ3v) is 4.03. The molecule has 1 fully saturated rings. The molecule has 0 aliphatic heterocycles. The molecule has 1 unspecified atom stereocenters. The van der Waals surface area contributed by atoms with Gasteiger partial charge in [0.15, 0.2) is 6.04 Å². The van der Waals surface area contributed by atoms with E-state index in [0.29, 0.717) is 12.1 Å². The number of rotatable bonds is 5. The van der Waals surface area contributed by atoms with E-state index in [-0.39, 0.29) is 5.91 Å². The molecular formula is C15H20N2O3. The van der Waals surface area contributed by atoms with Gasteiger partial charge in [-0.1, -0.05) is 36.8 Å². The number of ether oxygens (including phenoxy) is 1. The average molecular weight is 276 g/mol. The van der Waals surface area contributed by atoms with E-state index >= 15 is 0 Å². The monoisotopic (exact) mass is 276 g/mol. The predicted molar refractivity (Wildman–Crippen MR) is 74.7 cm³/mol. The molecule has 1 aromatic rings. The maximum Gasteiger partial charge on any atom is 0.333 e. The number of hydrogen-bond acceptors (Lipinski definition) is 4. The van der Waals surface area contributed by atoms with Gasteiger partial charge in [0.1, 0.15) is 0 Å². The molecule has 1 atom stereocenters. The van der Waals surface area contributed by atoms with E-state index in [9.17, 15) is 9.59 Å². The molecular weight excluding hydrogens is 256 g/mol. The van der Waals surface area contributed by atoms with Crippen LogP contribution in [0.5, 0.6) is 0 Å². The fourth-order valence-corrected chi connectivity index (χ4v) is 2.45. The first kappa shape index (κ1) is 14.5. The van der Waals surface area contributed by atoms with Crippen LogP contribution in [0, 0.1) is 5.41 Å². The normalized spacial score (nSPS) is 17.7. The lowest BCUT2D eigenvalue weighted by atomic mass is 9.68. The molecule has 0 saturated heterocycles. The minimum Gasteiger partial charge on any atom is -0.467 e. The summed E-state index contributed by atoms with van der Waals surface area (Å²) in [5.74, 6) is -0.637. The summed E-state index contributed by atoms with van der Waals surface area (Å²) in [6.07, 6.45) is 2.55. The van der Waals surface area contributed by atoms with Crippen molar-refractivity contribution in [3.05, 3.63) is 35.9 Å². The molecule has 5 heteroatoms. The molecule has 0 aromatic heterocycles. The van der Waals surface area contributed by atoms with Crippen molar-refractivity contribution in [2.24, 2.45) is 11.1 Å². The summed E-state index contributed by atoms with van der Waals surface area (Å²) < 4.78 is 4.78. The Hall–Kier alpha value is -1.88. The maximum atomic E-state index is 12.4. The highest BCUT2D eigenvalue weighted by Crippen LogP contribution is 2.40. The number of benzene rings is 1. The number of hydrogen-bond donors (Lipinski definition) is 2. The second kappa shape index (κ2) is 6.05. The van der Waals surface area contributed by atoms with Gasteiger partial charge in [-0.25, -0.2) is 4.79 Å². The SMILES string of the molecule is COC(=O)C(NC(=O)C1(CN)CCC1)c1ccccc1. The summed E-state index contributed by atoms with van der Waals surface area (Å²) in [6, 6.07) is 8.29. The average Bonchev–Trinajstić information content (AvgIpc) is 2.44. The summed E-state index contributed by atoms with van der Waals surface area (Å²) in [7, 11) is 1.31. The first-order valence-electron chi connectivity index (χ1n) is 6.77. The first-order chi connectivity index (χ1) is 9.63.